The van der Waals surface area contributed by atoms with Crippen molar-refractivity contribution in [3.63, 3.8) is 0 Å². The van der Waals surface area contributed by atoms with Crippen LogP contribution in [0.25, 0.3) is 0 Å². The zero-order chi connectivity index (χ0) is 19.6. The predicted octanol–water partition coefficient (Wildman–Crippen LogP) is 0.134. The van der Waals surface area contributed by atoms with E-state index in [1.54, 1.807) is 18.3 Å². The first-order valence-electron chi connectivity index (χ1n) is 9.46. The molecule has 0 unspecified atom stereocenters. The van der Waals surface area contributed by atoms with Crippen molar-refractivity contribution in [2.45, 2.75) is 4.90 Å². The third kappa shape index (κ3) is 3.94. The van der Waals surface area contributed by atoms with Gasteiger partial charge in [-0.15, -0.1) is 10.2 Å². The fraction of sp³-hybridized carbons (Fsp3) is 0.500. The number of hydrogen-bond acceptors (Lipinski definition) is 8. The summed E-state index contributed by atoms with van der Waals surface area (Å²) in [7, 11) is -1.37. The Kier molecular flexibility index (Phi) is 5.42. The molecule has 0 spiro atoms. The standard InChI is InChI=1S/C18H25N7O2S/c1-22-7-9-23(10-8-22)17-4-5-18(21-20-17)24-11-13-25(14-12-24)28(26,27)16-3-2-6-19-15-16/h2-6,15H,7-14H2,1H3. The first kappa shape index (κ1) is 19.0. The van der Waals surface area contributed by atoms with Crippen LogP contribution in [0.5, 0.6) is 0 Å². The van der Waals surface area contributed by atoms with E-state index in [1.165, 1.54) is 10.5 Å². The smallest absolute Gasteiger partial charge is 0.244 e. The Balaban J connectivity index is 1.37. The maximum atomic E-state index is 12.7. The molecule has 0 atom stereocenters. The van der Waals surface area contributed by atoms with Gasteiger partial charge in [0, 0.05) is 64.8 Å². The Morgan fingerprint density at radius 3 is 1.89 bits per heavy atom. The zero-order valence-corrected chi connectivity index (χ0v) is 16.8. The number of pyridine rings is 1. The molecule has 2 fully saturated rings. The van der Waals surface area contributed by atoms with Crippen LogP contribution in [0.3, 0.4) is 0 Å². The highest BCUT2D eigenvalue weighted by molar-refractivity contribution is 7.89. The quantitative estimate of drug-likeness (QED) is 0.712. The minimum absolute atomic E-state index is 0.236. The molecule has 2 saturated heterocycles. The minimum atomic E-state index is -3.50. The third-order valence-corrected chi connectivity index (χ3v) is 7.18. The van der Waals surface area contributed by atoms with Gasteiger partial charge in [-0.2, -0.15) is 4.31 Å². The highest BCUT2D eigenvalue weighted by atomic mass is 32.2. The van der Waals surface area contributed by atoms with Crippen LogP contribution in [-0.2, 0) is 10.0 Å². The molecule has 0 radical (unpaired) electrons. The van der Waals surface area contributed by atoms with Crippen LogP contribution in [-0.4, -0.2) is 92.2 Å². The number of rotatable bonds is 4. The van der Waals surface area contributed by atoms with Crippen LogP contribution in [0.1, 0.15) is 0 Å². The molecule has 0 saturated carbocycles. The average Bonchev–Trinajstić information content (AvgIpc) is 2.75. The second-order valence-electron chi connectivity index (χ2n) is 7.12. The second-order valence-corrected chi connectivity index (χ2v) is 9.06. The summed E-state index contributed by atoms with van der Waals surface area (Å²) in [4.78, 5) is 10.8. The predicted molar refractivity (Wildman–Crippen MR) is 107 cm³/mol. The van der Waals surface area contributed by atoms with Crippen molar-refractivity contribution < 1.29 is 8.42 Å². The molecule has 9 nitrogen and oxygen atoms in total. The van der Waals surface area contributed by atoms with E-state index in [0.717, 1.165) is 37.8 Å². The number of sulfonamides is 1. The monoisotopic (exact) mass is 403 g/mol. The van der Waals surface area contributed by atoms with Gasteiger partial charge in [0.1, 0.15) is 4.90 Å². The summed E-state index contributed by atoms with van der Waals surface area (Å²) in [5.74, 6) is 1.69. The molecule has 4 rings (SSSR count). The van der Waals surface area contributed by atoms with Crippen LogP contribution < -0.4 is 9.80 Å². The molecule has 10 heteroatoms. The molecule has 0 amide bonds. The molecule has 4 heterocycles. The van der Waals surface area contributed by atoms with Crippen molar-refractivity contribution in [1.29, 1.82) is 0 Å². The van der Waals surface area contributed by atoms with Gasteiger partial charge in [-0.05, 0) is 31.3 Å². The van der Waals surface area contributed by atoms with E-state index in [2.05, 4.69) is 36.9 Å². The fourth-order valence-electron chi connectivity index (χ4n) is 3.50. The molecule has 0 bridgehead atoms. The van der Waals surface area contributed by atoms with E-state index in [0.29, 0.717) is 26.2 Å². The van der Waals surface area contributed by atoms with Crippen LogP contribution in [0.15, 0.2) is 41.6 Å². The number of nitrogens with zero attached hydrogens (tertiary/aromatic N) is 7. The van der Waals surface area contributed by atoms with Gasteiger partial charge in [0.05, 0.1) is 0 Å². The summed E-state index contributed by atoms with van der Waals surface area (Å²) in [5.41, 5.74) is 0. The molecule has 28 heavy (non-hydrogen) atoms. The Bertz CT molecular complexity index is 876. The number of anilines is 2. The second kappa shape index (κ2) is 7.98. The van der Waals surface area contributed by atoms with Gasteiger partial charge in [0.15, 0.2) is 11.6 Å². The van der Waals surface area contributed by atoms with Gasteiger partial charge < -0.3 is 14.7 Å². The summed E-state index contributed by atoms with van der Waals surface area (Å²) in [6.07, 6.45) is 2.96. The molecule has 2 aromatic rings. The lowest BCUT2D eigenvalue weighted by atomic mass is 10.3. The molecule has 0 aliphatic carbocycles. The molecule has 2 aliphatic heterocycles. The number of aromatic nitrogens is 3. The molecular weight excluding hydrogens is 378 g/mol. The summed E-state index contributed by atoms with van der Waals surface area (Å²) in [5, 5.41) is 8.78. The molecule has 2 aromatic heterocycles. The Labute approximate surface area is 165 Å². The van der Waals surface area contributed by atoms with E-state index >= 15 is 0 Å². The van der Waals surface area contributed by atoms with E-state index in [1.807, 2.05) is 12.1 Å². The largest absolute Gasteiger partial charge is 0.353 e. The van der Waals surface area contributed by atoms with Gasteiger partial charge in [0.25, 0.3) is 0 Å². The SMILES string of the molecule is CN1CCN(c2ccc(N3CCN(S(=O)(=O)c4cccnc4)CC3)nn2)CC1. The van der Waals surface area contributed by atoms with Crippen LogP contribution in [0.4, 0.5) is 11.6 Å². The molecular formula is C18H25N7O2S. The zero-order valence-electron chi connectivity index (χ0n) is 16.0. The summed E-state index contributed by atoms with van der Waals surface area (Å²) in [6, 6.07) is 7.20. The van der Waals surface area contributed by atoms with Crippen molar-refractivity contribution >= 4 is 21.7 Å². The Hall–Kier alpha value is -2.30. The lowest BCUT2D eigenvalue weighted by Crippen LogP contribution is -2.49. The van der Waals surface area contributed by atoms with E-state index < -0.39 is 10.0 Å². The van der Waals surface area contributed by atoms with Gasteiger partial charge >= 0.3 is 0 Å². The number of likely N-dealkylation sites (N-methyl/N-ethyl adjacent to an activating group) is 1. The highest BCUT2D eigenvalue weighted by Gasteiger charge is 2.29. The van der Waals surface area contributed by atoms with Gasteiger partial charge in [-0.1, -0.05) is 0 Å². The van der Waals surface area contributed by atoms with Gasteiger partial charge in [-0.25, -0.2) is 8.42 Å². The van der Waals surface area contributed by atoms with Crippen molar-refractivity contribution in [2.24, 2.45) is 0 Å². The van der Waals surface area contributed by atoms with Gasteiger partial charge in [-0.3, -0.25) is 4.98 Å². The molecule has 0 N–H and O–H groups in total. The Morgan fingerprint density at radius 1 is 0.821 bits per heavy atom. The minimum Gasteiger partial charge on any atom is -0.353 e. The summed E-state index contributed by atoms with van der Waals surface area (Å²) in [6.45, 7) is 5.96. The van der Waals surface area contributed by atoms with Crippen molar-refractivity contribution in [2.75, 3.05) is 69.2 Å². The maximum Gasteiger partial charge on any atom is 0.244 e. The average molecular weight is 404 g/mol. The lowest BCUT2D eigenvalue weighted by Gasteiger charge is -2.35. The maximum absolute atomic E-state index is 12.7. The summed E-state index contributed by atoms with van der Waals surface area (Å²) >= 11 is 0. The first-order valence-corrected chi connectivity index (χ1v) is 10.9. The number of piperazine rings is 2. The molecule has 150 valence electrons. The van der Waals surface area contributed by atoms with Crippen molar-refractivity contribution in [1.82, 2.24) is 24.4 Å². The fourth-order valence-corrected chi connectivity index (χ4v) is 4.88. The van der Waals surface area contributed by atoms with E-state index in [9.17, 15) is 8.42 Å². The molecule has 0 aromatic carbocycles. The van der Waals surface area contributed by atoms with Crippen LogP contribution in [0.2, 0.25) is 0 Å². The van der Waals surface area contributed by atoms with E-state index in [-0.39, 0.29) is 4.90 Å². The lowest BCUT2D eigenvalue weighted by molar-refractivity contribution is 0.312. The third-order valence-electron chi connectivity index (χ3n) is 5.30. The van der Waals surface area contributed by atoms with Crippen molar-refractivity contribution in [3.05, 3.63) is 36.7 Å². The molecule has 2 aliphatic rings. The highest BCUT2D eigenvalue weighted by Crippen LogP contribution is 2.20. The van der Waals surface area contributed by atoms with E-state index in [4.69, 9.17) is 0 Å². The van der Waals surface area contributed by atoms with Crippen LogP contribution >= 0.6 is 0 Å². The number of hydrogen-bond donors (Lipinski definition) is 0. The first-order chi connectivity index (χ1) is 13.5. The topological polar surface area (TPSA) is 85.8 Å². The normalized spacial score (nSPS) is 19.8. The Morgan fingerprint density at radius 2 is 1.39 bits per heavy atom. The van der Waals surface area contributed by atoms with Crippen LogP contribution in [0, 0.1) is 0 Å². The summed E-state index contributed by atoms with van der Waals surface area (Å²) < 4.78 is 26.9. The van der Waals surface area contributed by atoms with Gasteiger partial charge in [0.2, 0.25) is 10.0 Å². The van der Waals surface area contributed by atoms with Crippen molar-refractivity contribution in [3.8, 4) is 0 Å².